The predicted octanol–water partition coefficient (Wildman–Crippen LogP) is 2.99. The van der Waals surface area contributed by atoms with Gasteiger partial charge < -0.3 is 15.2 Å². The van der Waals surface area contributed by atoms with E-state index in [1.165, 1.54) is 0 Å². The molecule has 0 fully saturated rings. The number of hydrogen-bond acceptors (Lipinski definition) is 4. The minimum absolute atomic E-state index is 0.172. The zero-order valence-electron chi connectivity index (χ0n) is 11.5. The molecular formula is C15H17ClN2O2. The molecule has 0 radical (unpaired) electrons. The van der Waals surface area contributed by atoms with Crippen LogP contribution in [0.25, 0.3) is 0 Å². The Bertz CT molecular complexity index is 576. The summed E-state index contributed by atoms with van der Waals surface area (Å²) in [7, 11) is 3.13. The van der Waals surface area contributed by atoms with Crippen LogP contribution in [-0.2, 0) is 6.42 Å². The van der Waals surface area contributed by atoms with E-state index in [4.69, 9.17) is 26.8 Å². The number of methoxy groups -OCH3 is 2. The van der Waals surface area contributed by atoms with Crippen LogP contribution >= 0.6 is 11.6 Å². The van der Waals surface area contributed by atoms with Crippen LogP contribution in [0.1, 0.15) is 17.2 Å². The molecule has 20 heavy (non-hydrogen) atoms. The van der Waals surface area contributed by atoms with Crippen molar-refractivity contribution in [3.63, 3.8) is 0 Å². The van der Waals surface area contributed by atoms with Gasteiger partial charge in [0.1, 0.15) is 0 Å². The van der Waals surface area contributed by atoms with Gasteiger partial charge in [-0.05, 0) is 41.8 Å². The number of pyridine rings is 1. The summed E-state index contributed by atoms with van der Waals surface area (Å²) in [5.74, 6) is 1.11. The normalized spacial score (nSPS) is 12.0. The highest BCUT2D eigenvalue weighted by Gasteiger charge is 2.15. The molecule has 4 nitrogen and oxygen atoms in total. The van der Waals surface area contributed by atoms with Crippen LogP contribution in [0, 0.1) is 0 Å². The maximum Gasteiger partial charge on any atom is 0.179 e. The van der Waals surface area contributed by atoms with E-state index in [0.717, 1.165) is 11.1 Å². The Labute approximate surface area is 123 Å². The first-order chi connectivity index (χ1) is 9.65. The van der Waals surface area contributed by atoms with E-state index in [9.17, 15) is 0 Å². The maximum absolute atomic E-state index is 6.24. The molecule has 1 heterocycles. The van der Waals surface area contributed by atoms with E-state index in [1.54, 1.807) is 26.6 Å². The summed E-state index contributed by atoms with van der Waals surface area (Å²) in [5.41, 5.74) is 8.27. The molecule has 2 aromatic rings. The Balaban J connectivity index is 2.26. The Morgan fingerprint density at radius 2 is 1.90 bits per heavy atom. The molecule has 1 aromatic carbocycles. The second-order valence-corrected chi connectivity index (χ2v) is 4.81. The summed E-state index contributed by atoms with van der Waals surface area (Å²) >= 11 is 6.19. The van der Waals surface area contributed by atoms with Gasteiger partial charge in [0.05, 0.1) is 19.2 Å². The lowest BCUT2D eigenvalue weighted by Crippen LogP contribution is -2.13. The fourth-order valence-corrected chi connectivity index (χ4v) is 2.34. The molecule has 0 bridgehead atoms. The highest BCUT2D eigenvalue weighted by molar-refractivity contribution is 6.32. The van der Waals surface area contributed by atoms with Crippen molar-refractivity contribution < 1.29 is 9.47 Å². The maximum atomic E-state index is 6.24. The molecule has 2 N–H and O–H groups in total. The molecule has 106 valence electrons. The summed E-state index contributed by atoms with van der Waals surface area (Å²) in [4.78, 5) is 3.99. The summed E-state index contributed by atoms with van der Waals surface area (Å²) in [5, 5.41) is 0.493. The third kappa shape index (κ3) is 3.21. The van der Waals surface area contributed by atoms with E-state index >= 15 is 0 Å². The highest BCUT2D eigenvalue weighted by atomic mass is 35.5. The molecule has 0 amide bonds. The molecule has 0 saturated carbocycles. The molecule has 1 unspecified atom stereocenters. The van der Waals surface area contributed by atoms with E-state index in [1.807, 2.05) is 24.3 Å². The van der Waals surface area contributed by atoms with Crippen molar-refractivity contribution in [2.75, 3.05) is 14.2 Å². The number of halogens is 1. The van der Waals surface area contributed by atoms with Crippen molar-refractivity contribution in [2.45, 2.75) is 12.5 Å². The smallest absolute Gasteiger partial charge is 0.179 e. The number of nitrogens with zero attached hydrogens (tertiary/aromatic N) is 1. The SMILES string of the molecule is COc1cc(C(N)Cc2ccncc2)cc(Cl)c1OC. The van der Waals surface area contributed by atoms with E-state index < -0.39 is 0 Å². The van der Waals surface area contributed by atoms with Gasteiger partial charge in [-0.3, -0.25) is 4.98 Å². The number of rotatable bonds is 5. The quantitative estimate of drug-likeness (QED) is 0.920. The van der Waals surface area contributed by atoms with Crippen molar-refractivity contribution in [3.05, 3.63) is 52.8 Å². The predicted molar refractivity (Wildman–Crippen MR) is 79.4 cm³/mol. The standard InChI is InChI=1S/C15H17ClN2O2/c1-19-14-9-11(8-12(16)15(14)20-2)13(17)7-10-3-5-18-6-4-10/h3-6,8-9,13H,7,17H2,1-2H3. The summed E-state index contributed by atoms with van der Waals surface area (Å²) in [6.45, 7) is 0. The topological polar surface area (TPSA) is 57.4 Å². The van der Waals surface area contributed by atoms with Crippen molar-refractivity contribution in [1.82, 2.24) is 4.98 Å². The first kappa shape index (κ1) is 14.6. The molecular weight excluding hydrogens is 276 g/mol. The Morgan fingerprint density at radius 1 is 1.20 bits per heavy atom. The fraction of sp³-hybridized carbons (Fsp3) is 0.267. The minimum atomic E-state index is -0.172. The van der Waals surface area contributed by atoms with Crippen molar-refractivity contribution >= 4 is 11.6 Å². The first-order valence-electron chi connectivity index (χ1n) is 6.21. The van der Waals surface area contributed by atoms with Crippen LogP contribution in [0.4, 0.5) is 0 Å². The molecule has 0 spiro atoms. The second-order valence-electron chi connectivity index (χ2n) is 4.40. The van der Waals surface area contributed by atoms with Crippen LogP contribution in [0.5, 0.6) is 11.5 Å². The third-order valence-electron chi connectivity index (χ3n) is 3.09. The molecule has 0 aliphatic rings. The summed E-state index contributed by atoms with van der Waals surface area (Å²) in [6.07, 6.45) is 4.21. The minimum Gasteiger partial charge on any atom is -0.493 e. The lowest BCUT2D eigenvalue weighted by Gasteiger charge is -2.16. The average molecular weight is 293 g/mol. The number of ether oxygens (including phenoxy) is 2. The van der Waals surface area contributed by atoms with Crippen molar-refractivity contribution in [2.24, 2.45) is 5.73 Å². The second kappa shape index (κ2) is 6.59. The zero-order valence-corrected chi connectivity index (χ0v) is 12.2. The number of benzene rings is 1. The largest absolute Gasteiger partial charge is 0.493 e. The van der Waals surface area contributed by atoms with E-state index in [2.05, 4.69) is 4.98 Å². The number of hydrogen-bond donors (Lipinski definition) is 1. The van der Waals surface area contributed by atoms with E-state index in [-0.39, 0.29) is 6.04 Å². The summed E-state index contributed by atoms with van der Waals surface area (Å²) in [6, 6.07) is 7.39. The lowest BCUT2D eigenvalue weighted by molar-refractivity contribution is 0.354. The molecule has 0 saturated heterocycles. The molecule has 2 rings (SSSR count). The first-order valence-corrected chi connectivity index (χ1v) is 6.59. The van der Waals surface area contributed by atoms with Gasteiger partial charge in [-0.2, -0.15) is 0 Å². The molecule has 5 heteroatoms. The van der Waals surface area contributed by atoms with Gasteiger partial charge in [-0.1, -0.05) is 11.6 Å². The summed E-state index contributed by atoms with van der Waals surface area (Å²) < 4.78 is 10.5. The Kier molecular flexibility index (Phi) is 4.82. The van der Waals surface area contributed by atoms with Crippen LogP contribution in [-0.4, -0.2) is 19.2 Å². The van der Waals surface area contributed by atoms with Gasteiger partial charge in [-0.15, -0.1) is 0 Å². The molecule has 1 aromatic heterocycles. The van der Waals surface area contributed by atoms with Gasteiger partial charge in [0, 0.05) is 18.4 Å². The van der Waals surface area contributed by atoms with Crippen molar-refractivity contribution in [3.8, 4) is 11.5 Å². The van der Waals surface area contributed by atoms with Crippen LogP contribution in [0.2, 0.25) is 5.02 Å². The van der Waals surface area contributed by atoms with Gasteiger partial charge in [-0.25, -0.2) is 0 Å². The van der Waals surface area contributed by atoms with Gasteiger partial charge in [0.25, 0.3) is 0 Å². The highest BCUT2D eigenvalue weighted by Crippen LogP contribution is 2.37. The van der Waals surface area contributed by atoms with Crippen molar-refractivity contribution in [1.29, 1.82) is 0 Å². The van der Waals surface area contributed by atoms with Gasteiger partial charge in [0.15, 0.2) is 11.5 Å². The van der Waals surface area contributed by atoms with E-state index in [0.29, 0.717) is 22.9 Å². The van der Waals surface area contributed by atoms with Gasteiger partial charge in [0.2, 0.25) is 0 Å². The molecule has 1 atom stereocenters. The number of aromatic nitrogens is 1. The Hall–Kier alpha value is -1.78. The fourth-order valence-electron chi connectivity index (χ4n) is 2.04. The van der Waals surface area contributed by atoms with Crippen LogP contribution in [0.3, 0.4) is 0 Å². The van der Waals surface area contributed by atoms with Crippen LogP contribution < -0.4 is 15.2 Å². The molecule has 0 aliphatic carbocycles. The zero-order chi connectivity index (χ0) is 14.5. The van der Waals surface area contributed by atoms with Crippen LogP contribution in [0.15, 0.2) is 36.7 Å². The third-order valence-corrected chi connectivity index (χ3v) is 3.37. The average Bonchev–Trinajstić information content (AvgIpc) is 2.47. The lowest BCUT2D eigenvalue weighted by atomic mass is 10.00. The molecule has 0 aliphatic heterocycles. The van der Waals surface area contributed by atoms with Gasteiger partial charge >= 0.3 is 0 Å². The monoisotopic (exact) mass is 292 g/mol. The Morgan fingerprint density at radius 3 is 2.50 bits per heavy atom. The number of nitrogens with two attached hydrogens (primary N) is 1.